The van der Waals surface area contributed by atoms with Crippen LogP contribution in [0.4, 0.5) is 0 Å². The van der Waals surface area contributed by atoms with Crippen molar-refractivity contribution in [2.24, 2.45) is 0 Å². The van der Waals surface area contributed by atoms with E-state index in [1.807, 2.05) is 29.8 Å². The molecule has 1 atom stereocenters. The summed E-state index contributed by atoms with van der Waals surface area (Å²) in [7, 11) is 0. The third-order valence-corrected chi connectivity index (χ3v) is 4.93. The minimum Gasteiger partial charge on any atom is -0.344 e. The number of nitrogens with zero attached hydrogens (tertiary/aromatic N) is 3. The van der Waals surface area contributed by atoms with Crippen molar-refractivity contribution in [3.05, 3.63) is 53.3 Å². The minimum atomic E-state index is -0.0343. The zero-order chi connectivity index (χ0) is 17.6. The van der Waals surface area contributed by atoms with Crippen LogP contribution in [0.3, 0.4) is 0 Å². The molecule has 2 aromatic rings. The van der Waals surface area contributed by atoms with E-state index >= 15 is 0 Å². The van der Waals surface area contributed by atoms with Crippen LogP contribution in [0.1, 0.15) is 53.8 Å². The molecule has 1 N–H and O–H groups in total. The van der Waals surface area contributed by atoms with Crippen LogP contribution in [0.15, 0.2) is 36.5 Å². The molecule has 1 aromatic heterocycles. The van der Waals surface area contributed by atoms with Gasteiger partial charge >= 0.3 is 0 Å². The Balaban J connectivity index is 1.76. The Bertz CT molecular complexity index is 689. The third kappa shape index (κ3) is 4.28. The van der Waals surface area contributed by atoms with Crippen LogP contribution in [0.25, 0.3) is 0 Å². The molecule has 1 aliphatic rings. The lowest BCUT2D eigenvalue weighted by molar-refractivity contribution is 0.0926. The molecule has 0 spiro atoms. The van der Waals surface area contributed by atoms with Gasteiger partial charge in [0.15, 0.2) is 0 Å². The molecule has 1 fully saturated rings. The summed E-state index contributed by atoms with van der Waals surface area (Å²) in [5, 5.41) is 7.59. The summed E-state index contributed by atoms with van der Waals surface area (Å²) in [4.78, 5) is 15.3. The van der Waals surface area contributed by atoms with Crippen molar-refractivity contribution in [2.75, 3.05) is 19.6 Å². The summed E-state index contributed by atoms with van der Waals surface area (Å²) < 4.78 is 1.91. The van der Waals surface area contributed by atoms with E-state index in [1.54, 1.807) is 6.20 Å². The van der Waals surface area contributed by atoms with Crippen LogP contribution in [-0.2, 0) is 6.54 Å². The Morgan fingerprint density at radius 2 is 1.96 bits per heavy atom. The van der Waals surface area contributed by atoms with Gasteiger partial charge < -0.3 is 10.2 Å². The van der Waals surface area contributed by atoms with Crippen LogP contribution >= 0.6 is 0 Å². The first-order valence-corrected chi connectivity index (χ1v) is 9.29. The van der Waals surface area contributed by atoms with Crippen molar-refractivity contribution in [1.82, 2.24) is 20.0 Å². The summed E-state index contributed by atoms with van der Waals surface area (Å²) in [5.41, 5.74) is 2.77. The molecule has 0 saturated carbocycles. The van der Waals surface area contributed by atoms with Gasteiger partial charge in [0.25, 0.3) is 5.91 Å². The number of benzene rings is 1. The molecule has 3 rings (SSSR count). The average molecular weight is 340 g/mol. The highest BCUT2D eigenvalue weighted by Crippen LogP contribution is 2.19. The first-order valence-electron chi connectivity index (χ1n) is 9.29. The molecule has 1 aliphatic heterocycles. The molecule has 0 radical (unpaired) electrons. The summed E-state index contributed by atoms with van der Waals surface area (Å²) in [5.74, 6) is -0.0343. The zero-order valence-corrected chi connectivity index (χ0v) is 15.2. The molecule has 1 unspecified atom stereocenters. The zero-order valence-electron chi connectivity index (χ0n) is 15.2. The molecule has 5 nitrogen and oxygen atoms in total. The summed E-state index contributed by atoms with van der Waals surface area (Å²) in [6, 6.07) is 10.3. The van der Waals surface area contributed by atoms with Gasteiger partial charge in [-0.05, 0) is 44.8 Å². The first kappa shape index (κ1) is 17.7. The van der Waals surface area contributed by atoms with Crippen molar-refractivity contribution < 1.29 is 4.79 Å². The maximum absolute atomic E-state index is 12.9. The molecule has 1 amide bonds. The number of amides is 1. The number of hydrogen-bond donors (Lipinski definition) is 1. The van der Waals surface area contributed by atoms with E-state index in [2.05, 4.69) is 34.4 Å². The van der Waals surface area contributed by atoms with Crippen LogP contribution in [0, 0.1) is 6.92 Å². The van der Waals surface area contributed by atoms with Gasteiger partial charge in [-0.3, -0.25) is 9.48 Å². The highest BCUT2D eigenvalue weighted by molar-refractivity contribution is 5.95. The minimum absolute atomic E-state index is 0.000671. The van der Waals surface area contributed by atoms with Gasteiger partial charge in [0.1, 0.15) is 0 Å². The number of hydrogen-bond acceptors (Lipinski definition) is 3. The second-order valence-electron chi connectivity index (χ2n) is 6.81. The maximum atomic E-state index is 12.9. The smallest absolute Gasteiger partial charge is 0.255 e. The quantitative estimate of drug-likeness (QED) is 0.842. The number of likely N-dealkylation sites (tertiary alicyclic amines) is 1. The topological polar surface area (TPSA) is 50.2 Å². The Morgan fingerprint density at radius 1 is 1.24 bits per heavy atom. The highest BCUT2D eigenvalue weighted by Gasteiger charge is 2.22. The highest BCUT2D eigenvalue weighted by atomic mass is 16.1. The van der Waals surface area contributed by atoms with Crippen molar-refractivity contribution in [3.63, 3.8) is 0 Å². The second kappa shape index (κ2) is 8.30. The van der Waals surface area contributed by atoms with Crippen molar-refractivity contribution >= 4 is 5.91 Å². The van der Waals surface area contributed by atoms with E-state index in [4.69, 9.17) is 0 Å². The van der Waals surface area contributed by atoms with E-state index in [1.165, 1.54) is 12.8 Å². The van der Waals surface area contributed by atoms with E-state index < -0.39 is 0 Å². The summed E-state index contributed by atoms with van der Waals surface area (Å²) in [6.45, 7) is 8.02. The Morgan fingerprint density at radius 3 is 2.64 bits per heavy atom. The van der Waals surface area contributed by atoms with E-state index in [9.17, 15) is 4.79 Å². The van der Waals surface area contributed by atoms with Gasteiger partial charge in [0, 0.05) is 18.8 Å². The number of aryl methyl sites for hydroxylation is 1. The van der Waals surface area contributed by atoms with Crippen molar-refractivity contribution in [1.29, 1.82) is 0 Å². The first-order chi connectivity index (χ1) is 12.2. The van der Waals surface area contributed by atoms with Gasteiger partial charge in [-0.15, -0.1) is 0 Å². The number of aromatic nitrogens is 2. The monoisotopic (exact) mass is 340 g/mol. The van der Waals surface area contributed by atoms with Gasteiger partial charge in [0.2, 0.25) is 0 Å². The fourth-order valence-corrected chi connectivity index (χ4v) is 3.49. The lowest BCUT2D eigenvalue weighted by Gasteiger charge is -2.25. The normalized spacial score (nSPS) is 16.1. The largest absolute Gasteiger partial charge is 0.344 e. The number of rotatable bonds is 7. The van der Waals surface area contributed by atoms with E-state index in [0.717, 1.165) is 43.9 Å². The molecule has 5 heteroatoms. The predicted molar refractivity (Wildman–Crippen MR) is 99.6 cm³/mol. The number of nitrogens with one attached hydrogen (secondary N) is 1. The van der Waals surface area contributed by atoms with Crippen molar-refractivity contribution in [2.45, 2.75) is 45.7 Å². The number of carbonyl (C=O) groups is 1. The predicted octanol–water partition coefficient (Wildman–Crippen LogP) is 3.17. The summed E-state index contributed by atoms with van der Waals surface area (Å²) in [6.07, 6.45) is 5.19. The van der Waals surface area contributed by atoms with E-state index in [-0.39, 0.29) is 11.9 Å². The van der Waals surface area contributed by atoms with Crippen LogP contribution in [-0.4, -0.2) is 40.2 Å². The van der Waals surface area contributed by atoms with Gasteiger partial charge in [0.05, 0.1) is 17.8 Å². The lowest BCUT2D eigenvalue weighted by Crippen LogP contribution is -2.37. The molecular weight excluding hydrogens is 312 g/mol. The fraction of sp³-hybridized carbons (Fsp3) is 0.500. The van der Waals surface area contributed by atoms with Gasteiger partial charge in [-0.1, -0.05) is 37.3 Å². The summed E-state index contributed by atoms with van der Waals surface area (Å²) >= 11 is 0. The molecule has 0 aliphatic carbocycles. The maximum Gasteiger partial charge on any atom is 0.255 e. The molecule has 0 bridgehead atoms. The van der Waals surface area contributed by atoms with Gasteiger partial charge in [-0.25, -0.2) is 0 Å². The Kier molecular flexibility index (Phi) is 5.87. The van der Waals surface area contributed by atoms with Crippen molar-refractivity contribution in [3.8, 4) is 0 Å². The second-order valence-corrected chi connectivity index (χ2v) is 6.81. The van der Waals surface area contributed by atoms with Crippen LogP contribution < -0.4 is 5.32 Å². The van der Waals surface area contributed by atoms with Crippen LogP contribution in [0.2, 0.25) is 0 Å². The Labute approximate surface area is 150 Å². The molecule has 134 valence electrons. The SMILES string of the molecule is CCCn1ncc(C(=O)NC(CN2CCCC2)c2ccccc2)c1C. The fourth-order valence-electron chi connectivity index (χ4n) is 3.49. The molecule has 25 heavy (non-hydrogen) atoms. The molecule has 1 aromatic carbocycles. The third-order valence-electron chi connectivity index (χ3n) is 4.93. The van der Waals surface area contributed by atoms with E-state index in [0.29, 0.717) is 5.56 Å². The number of carbonyl (C=O) groups excluding carboxylic acids is 1. The Hall–Kier alpha value is -2.14. The lowest BCUT2D eigenvalue weighted by atomic mass is 10.1. The van der Waals surface area contributed by atoms with Gasteiger partial charge in [-0.2, -0.15) is 5.10 Å². The molecule has 1 saturated heterocycles. The van der Waals surface area contributed by atoms with Crippen LogP contribution in [0.5, 0.6) is 0 Å². The molecular formula is C20H28N4O. The standard InChI is InChI=1S/C20H28N4O/c1-3-11-24-16(2)18(14-21-24)20(25)22-19(15-23-12-7-8-13-23)17-9-5-4-6-10-17/h4-6,9-10,14,19H,3,7-8,11-13,15H2,1-2H3,(H,22,25). The molecule has 2 heterocycles. The average Bonchev–Trinajstić information content (AvgIpc) is 3.26.